The summed E-state index contributed by atoms with van der Waals surface area (Å²) in [5, 5.41) is 0.625. The highest BCUT2D eigenvalue weighted by atomic mass is 16.7. The van der Waals surface area contributed by atoms with Crippen molar-refractivity contribution in [3.63, 3.8) is 0 Å². The minimum Gasteiger partial charge on any atom is -0.272 e. The third-order valence-corrected chi connectivity index (χ3v) is 0.849. The van der Waals surface area contributed by atoms with Crippen LogP contribution in [-0.2, 0) is 14.4 Å². The number of carbonyl (C=O) groups is 2. The van der Waals surface area contributed by atoms with E-state index in [1.54, 1.807) is 0 Å². The molecule has 0 saturated carbocycles. The van der Waals surface area contributed by atoms with Gasteiger partial charge in [0.25, 0.3) is 0 Å². The van der Waals surface area contributed by atoms with Crippen molar-refractivity contribution in [3.8, 4) is 12.3 Å². The maximum atomic E-state index is 10.6. The third-order valence-electron chi connectivity index (χ3n) is 0.849. The summed E-state index contributed by atoms with van der Waals surface area (Å²) in [6.07, 6.45) is 4.85. The summed E-state index contributed by atoms with van der Waals surface area (Å²) in [5.74, 6) is 1.18. The second kappa shape index (κ2) is 4.47. The molecule has 0 fully saturated rings. The average molecular weight is 155 g/mol. The van der Waals surface area contributed by atoms with E-state index in [0.29, 0.717) is 5.06 Å². The maximum absolute atomic E-state index is 10.6. The van der Waals surface area contributed by atoms with Crippen LogP contribution >= 0.6 is 0 Å². The molecule has 0 aliphatic rings. The van der Waals surface area contributed by atoms with Gasteiger partial charge in [0.15, 0.2) is 0 Å². The van der Waals surface area contributed by atoms with Gasteiger partial charge in [0.2, 0.25) is 11.8 Å². The number of terminal acetylenes is 1. The second-order valence-electron chi connectivity index (χ2n) is 1.81. The monoisotopic (exact) mass is 155 g/mol. The first-order chi connectivity index (χ1) is 5.09. The van der Waals surface area contributed by atoms with Gasteiger partial charge in [-0.15, -0.1) is 6.42 Å². The van der Waals surface area contributed by atoms with Gasteiger partial charge in [0.1, 0.15) is 6.61 Å². The van der Waals surface area contributed by atoms with Gasteiger partial charge in [-0.25, -0.2) is 0 Å². The molecule has 0 heterocycles. The summed E-state index contributed by atoms with van der Waals surface area (Å²) in [7, 11) is 0. The average Bonchev–Trinajstić information content (AvgIpc) is 1.87. The molecule has 0 aromatic rings. The molecule has 0 aromatic carbocycles. The van der Waals surface area contributed by atoms with Crippen LogP contribution < -0.4 is 0 Å². The molecule has 2 amide bonds. The van der Waals surface area contributed by atoms with Crippen molar-refractivity contribution >= 4 is 11.8 Å². The first-order valence-corrected chi connectivity index (χ1v) is 2.97. The second-order valence-corrected chi connectivity index (χ2v) is 1.81. The standard InChI is InChI=1S/C7H9NO3/c1-4-5-11-8(6(2)9)7(3)10/h1H,5H2,2-3H3. The van der Waals surface area contributed by atoms with Crippen LogP contribution in [0.1, 0.15) is 13.8 Å². The van der Waals surface area contributed by atoms with Gasteiger partial charge in [-0.05, 0) is 0 Å². The summed E-state index contributed by atoms with van der Waals surface area (Å²) in [5.41, 5.74) is 0. The largest absolute Gasteiger partial charge is 0.272 e. The first-order valence-electron chi connectivity index (χ1n) is 2.97. The van der Waals surface area contributed by atoms with E-state index < -0.39 is 11.8 Å². The number of hydroxylamine groups is 2. The minimum absolute atomic E-state index is 0.0842. The van der Waals surface area contributed by atoms with Gasteiger partial charge in [-0.3, -0.25) is 14.4 Å². The molecule has 0 rings (SSSR count). The Bertz CT molecular complexity index is 190. The number of hydrogen-bond donors (Lipinski definition) is 0. The fraction of sp³-hybridized carbons (Fsp3) is 0.429. The van der Waals surface area contributed by atoms with E-state index in [2.05, 4.69) is 10.8 Å². The summed E-state index contributed by atoms with van der Waals surface area (Å²) in [4.78, 5) is 25.8. The van der Waals surface area contributed by atoms with Crippen molar-refractivity contribution in [1.82, 2.24) is 5.06 Å². The molecule has 0 spiro atoms. The molecule has 0 aliphatic heterocycles. The van der Waals surface area contributed by atoms with Crippen molar-refractivity contribution < 1.29 is 14.4 Å². The van der Waals surface area contributed by atoms with E-state index >= 15 is 0 Å². The number of carbonyl (C=O) groups excluding carboxylic acids is 2. The zero-order valence-electron chi connectivity index (χ0n) is 6.46. The summed E-state index contributed by atoms with van der Waals surface area (Å²) < 4.78 is 0. The molecule has 0 saturated heterocycles. The fourth-order valence-electron chi connectivity index (χ4n) is 0.505. The quantitative estimate of drug-likeness (QED) is 0.414. The predicted molar refractivity (Wildman–Crippen MR) is 38.0 cm³/mol. The minimum atomic E-state index is -0.479. The molecule has 0 unspecified atom stereocenters. The van der Waals surface area contributed by atoms with E-state index in [1.807, 2.05) is 0 Å². The van der Waals surface area contributed by atoms with Crippen LogP contribution in [0.5, 0.6) is 0 Å². The lowest BCUT2D eigenvalue weighted by molar-refractivity contribution is -0.188. The zero-order chi connectivity index (χ0) is 8.85. The lowest BCUT2D eigenvalue weighted by Gasteiger charge is -2.13. The molecule has 4 nitrogen and oxygen atoms in total. The first kappa shape index (κ1) is 9.66. The molecule has 0 N–H and O–H groups in total. The van der Waals surface area contributed by atoms with Crippen molar-refractivity contribution in [3.05, 3.63) is 0 Å². The van der Waals surface area contributed by atoms with Crippen LogP contribution in [-0.4, -0.2) is 23.5 Å². The van der Waals surface area contributed by atoms with Gasteiger partial charge in [-0.1, -0.05) is 5.92 Å². The highest BCUT2D eigenvalue weighted by molar-refractivity contribution is 5.91. The van der Waals surface area contributed by atoms with Crippen molar-refractivity contribution in [2.75, 3.05) is 6.61 Å². The van der Waals surface area contributed by atoms with E-state index in [0.717, 1.165) is 0 Å². The molecule has 4 heteroatoms. The molecular weight excluding hydrogens is 146 g/mol. The number of amides is 2. The Morgan fingerprint density at radius 3 is 2.18 bits per heavy atom. The zero-order valence-corrected chi connectivity index (χ0v) is 6.46. The Kier molecular flexibility index (Phi) is 3.93. The predicted octanol–water partition coefficient (Wildman–Crippen LogP) is -0.0538. The Morgan fingerprint density at radius 1 is 1.45 bits per heavy atom. The maximum Gasteiger partial charge on any atom is 0.250 e. The van der Waals surface area contributed by atoms with Crippen LogP contribution in [0, 0.1) is 12.3 Å². The lowest BCUT2D eigenvalue weighted by atomic mass is 10.6. The van der Waals surface area contributed by atoms with Crippen molar-refractivity contribution in [1.29, 1.82) is 0 Å². The molecule has 0 aromatic heterocycles. The summed E-state index contributed by atoms with van der Waals surface area (Å²) >= 11 is 0. The van der Waals surface area contributed by atoms with Gasteiger partial charge in [0.05, 0.1) is 0 Å². The smallest absolute Gasteiger partial charge is 0.250 e. The highest BCUT2D eigenvalue weighted by Crippen LogP contribution is 1.91. The molecule has 0 bridgehead atoms. The molecular formula is C7H9NO3. The van der Waals surface area contributed by atoms with Gasteiger partial charge in [0, 0.05) is 13.8 Å². The number of nitrogens with zero attached hydrogens (tertiary/aromatic N) is 1. The Labute approximate surface area is 65.1 Å². The van der Waals surface area contributed by atoms with E-state index in [9.17, 15) is 9.59 Å². The van der Waals surface area contributed by atoms with Gasteiger partial charge in [-0.2, -0.15) is 5.06 Å². The molecule has 0 radical (unpaired) electrons. The molecule has 0 aliphatic carbocycles. The van der Waals surface area contributed by atoms with E-state index in [-0.39, 0.29) is 6.61 Å². The number of rotatable bonds is 2. The normalized spacial score (nSPS) is 8.45. The van der Waals surface area contributed by atoms with Crippen LogP contribution in [0.25, 0.3) is 0 Å². The Morgan fingerprint density at radius 2 is 1.91 bits per heavy atom. The lowest BCUT2D eigenvalue weighted by Crippen LogP contribution is -2.33. The topological polar surface area (TPSA) is 46.6 Å². The fourth-order valence-corrected chi connectivity index (χ4v) is 0.505. The molecule has 0 atom stereocenters. The number of hydrogen-bond acceptors (Lipinski definition) is 3. The van der Waals surface area contributed by atoms with Crippen molar-refractivity contribution in [2.45, 2.75) is 13.8 Å². The van der Waals surface area contributed by atoms with E-state index in [4.69, 9.17) is 6.42 Å². The summed E-state index contributed by atoms with van der Waals surface area (Å²) in [6, 6.07) is 0. The SMILES string of the molecule is C#CCON(C(C)=O)C(C)=O. The van der Waals surface area contributed by atoms with Gasteiger partial charge < -0.3 is 0 Å². The van der Waals surface area contributed by atoms with Crippen LogP contribution in [0.2, 0.25) is 0 Å². The van der Waals surface area contributed by atoms with Crippen LogP contribution in [0.4, 0.5) is 0 Å². The van der Waals surface area contributed by atoms with Crippen LogP contribution in [0.3, 0.4) is 0 Å². The Balaban J connectivity index is 4.03. The number of imide groups is 1. The van der Waals surface area contributed by atoms with Crippen LogP contribution in [0.15, 0.2) is 0 Å². The van der Waals surface area contributed by atoms with E-state index in [1.165, 1.54) is 13.8 Å². The summed E-state index contributed by atoms with van der Waals surface area (Å²) in [6.45, 7) is 2.36. The Hall–Kier alpha value is -1.34. The van der Waals surface area contributed by atoms with Gasteiger partial charge >= 0.3 is 0 Å². The molecule has 11 heavy (non-hydrogen) atoms. The van der Waals surface area contributed by atoms with Crippen molar-refractivity contribution in [2.24, 2.45) is 0 Å². The highest BCUT2D eigenvalue weighted by Gasteiger charge is 2.13. The third kappa shape index (κ3) is 3.38. The molecule has 60 valence electrons.